The van der Waals surface area contributed by atoms with E-state index in [2.05, 4.69) is 26.3 Å². The maximum atomic E-state index is 12.6. The molecule has 3 aromatic carbocycles. The summed E-state index contributed by atoms with van der Waals surface area (Å²) in [6.45, 7) is -0.0409. The van der Waals surface area contributed by atoms with Crippen LogP contribution in [0.3, 0.4) is 0 Å². The van der Waals surface area contributed by atoms with Gasteiger partial charge >= 0.3 is 0 Å². The Morgan fingerprint density at radius 3 is 2.21 bits per heavy atom. The van der Waals surface area contributed by atoms with Crippen LogP contribution in [0.2, 0.25) is 10.0 Å². The third kappa shape index (κ3) is 7.96. The summed E-state index contributed by atoms with van der Waals surface area (Å²) in [6, 6.07) is 19.1. The Kier molecular flexibility index (Phi) is 10.0. The average molecular weight is 552 g/mol. The number of amides is 3. The molecule has 6 N–H and O–H groups in total. The smallest absolute Gasteiger partial charge is 0.254 e. The van der Waals surface area contributed by atoms with E-state index in [0.717, 1.165) is 11.1 Å². The van der Waals surface area contributed by atoms with Crippen molar-refractivity contribution >= 4 is 52.6 Å². The van der Waals surface area contributed by atoms with Crippen molar-refractivity contribution in [3.63, 3.8) is 0 Å². The summed E-state index contributed by atoms with van der Waals surface area (Å²) in [7, 11) is 0. The molecule has 0 bridgehead atoms. The first kappa shape index (κ1) is 28.0. The van der Waals surface area contributed by atoms with Gasteiger partial charge in [0.15, 0.2) is 0 Å². The molecule has 0 fully saturated rings. The van der Waals surface area contributed by atoms with Gasteiger partial charge in [0.05, 0.1) is 22.2 Å². The first-order valence-corrected chi connectivity index (χ1v) is 12.0. The number of nitrogens with one attached hydrogen (secondary N) is 4. The first-order chi connectivity index (χ1) is 18.3. The van der Waals surface area contributed by atoms with Gasteiger partial charge in [-0.1, -0.05) is 59.6 Å². The van der Waals surface area contributed by atoms with Crippen LogP contribution in [-0.4, -0.2) is 43.3 Å². The standard InChI is InChI=1S/C26H23Cl2N7O3/c27-20-12-18(16-5-2-1-3-6-16)13-21(28)23(20)25(38)32-10-9-31-22(36)14-33-24(37)17-7-4-8-19(11-17)35-26(30)34-15-29/h1-8,11-13H,9-10,14H2,(H,31,36)(H,32,38)(H,33,37)(H3,30,34,35). The fourth-order valence-electron chi connectivity index (χ4n) is 3.35. The molecule has 12 heteroatoms. The maximum absolute atomic E-state index is 12.6. The highest BCUT2D eigenvalue weighted by Gasteiger charge is 2.17. The summed E-state index contributed by atoms with van der Waals surface area (Å²) < 4.78 is 0. The number of aliphatic imine (C=N–C) groups is 1. The van der Waals surface area contributed by atoms with E-state index in [1.54, 1.807) is 36.5 Å². The van der Waals surface area contributed by atoms with Crippen LogP contribution in [0.1, 0.15) is 20.7 Å². The molecule has 38 heavy (non-hydrogen) atoms. The van der Waals surface area contributed by atoms with Crippen molar-refractivity contribution in [3.8, 4) is 17.3 Å². The number of guanidine groups is 1. The molecular formula is C26H23Cl2N7O3. The summed E-state index contributed by atoms with van der Waals surface area (Å²) in [6.07, 6.45) is 1.55. The van der Waals surface area contributed by atoms with E-state index in [0.29, 0.717) is 5.69 Å². The highest BCUT2D eigenvalue weighted by atomic mass is 35.5. The Hall–Kier alpha value is -4.59. The summed E-state index contributed by atoms with van der Waals surface area (Å²) >= 11 is 12.7. The quantitative estimate of drug-likeness (QED) is 0.119. The molecule has 10 nitrogen and oxygen atoms in total. The zero-order chi connectivity index (χ0) is 27.5. The lowest BCUT2D eigenvalue weighted by Gasteiger charge is -2.12. The van der Waals surface area contributed by atoms with Crippen molar-refractivity contribution in [2.75, 3.05) is 25.0 Å². The minimum absolute atomic E-state index is 0.116. The monoisotopic (exact) mass is 551 g/mol. The van der Waals surface area contributed by atoms with Crippen LogP contribution in [0.25, 0.3) is 11.1 Å². The van der Waals surface area contributed by atoms with E-state index in [1.807, 2.05) is 30.3 Å². The summed E-state index contributed by atoms with van der Waals surface area (Å²) in [4.78, 5) is 40.4. The number of halogens is 2. The Labute approximate surface area is 228 Å². The van der Waals surface area contributed by atoms with Crippen LogP contribution in [0.4, 0.5) is 5.69 Å². The summed E-state index contributed by atoms with van der Waals surface area (Å²) in [5.74, 6) is -1.53. The van der Waals surface area contributed by atoms with Crippen molar-refractivity contribution < 1.29 is 14.4 Å². The molecule has 0 aliphatic rings. The Morgan fingerprint density at radius 2 is 1.53 bits per heavy atom. The molecule has 0 saturated heterocycles. The van der Waals surface area contributed by atoms with E-state index in [9.17, 15) is 14.4 Å². The molecule has 0 aliphatic heterocycles. The number of rotatable bonds is 9. The number of carbonyl (C=O) groups excluding carboxylic acids is 3. The largest absolute Gasteiger partial charge is 0.369 e. The summed E-state index contributed by atoms with van der Waals surface area (Å²) in [5.41, 5.74) is 8.08. The van der Waals surface area contributed by atoms with Crippen LogP contribution >= 0.6 is 23.2 Å². The highest BCUT2D eigenvalue weighted by Crippen LogP contribution is 2.31. The fourth-order valence-corrected chi connectivity index (χ4v) is 4.01. The number of hydrogen-bond donors (Lipinski definition) is 5. The lowest BCUT2D eigenvalue weighted by Crippen LogP contribution is -2.40. The topological polar surface area (TPSA) is 162 Å². The van der Waals surface area contributed by atoms with Crippen LogP contribution < -0.4 is 27.0 Å². The second kappa shape index (κ2) is 13.6. The Bertz CT molecular complexity index is 1380. The molecule has 0 heterocycles. The molecule has 0 aliphatic carbocycles. The van der Waals surface area contributed by atoms with Crippen molar-refractivity contribution in [1.29, 1.82) is 5.26 Å². The van der Waals surface area contributed by atoms with Gasteiger partial charge in [0.25, 0.3) is 11.8 Å². The lowest BCUT2D eigenvalue weighted by atomic mass is 10.0. The van der Waals surface area contributed by atoms with Crippen LogP contribution in [0.15, 0.2) is 71.7 Å². The maximum Gasteiger partial charge on any atom is 0.254 e. The molecule has 3 aromatic rings. The van der Waals surface area contributed by atoms with Gasteiger partial charge < -0.3 is 27.0 Å². The van der Waals surface area contributed by atoms with E-state index in [-0.39, 0.29) is 46.8 Å². The van der Waals surface area contributed by atoms with Crippen molar-refractivity contribution in [3.05, 3.63) is 87.9 Å². The second-order valence-corrected chi connectivity index (χ2v) is 8.59. The minimum Gasteiger partial charge on any atom is -0.369 e. The number of nitriles is 1. The number of benzene rings is 3. The molecule has 0 radical (unpaired) electrons. The Balaban J connectivity index is 1.44. The molecule has 0 aromatic heterocycles. The third-order valence-electron chi connectivity index (χ3n) is 5.09. The Morgan fingerprint density at radius 1 is 0.842 bits per heavy atom. The van der Waals surface area contributed by atoms with Gasteiger partial charge in [0.1, 0.15) is 0 Å². The van der Waals surface area contributed by atoms with E-state index >= 15 is 0 Å². The van der Waals surface area contributed by atoms with Gasteiger partial charge in [0.2, 0.25) is 18.1 Å². The van der Waals surface area contributed by atoms with Gasteiger partial charge in [-0.15, -0.1) is 4.99 Å². The molecule has 0 saturated carbocycles. The average Bonchev–Trinajstić information content (AvgIpc) is 2.90. The number of nitrogens with two attached hydrogens (primary N) is 1. The second-order valence-electron chi connectivity index (χ2n) is 7.77. The van der Waals surface area contributed by atoms with E-state index in [1.165, 1.54) is 6.07 Å². The van der Waals surface area contributed by atoms with Gasteiger partial charge in [-0.3, -0.25) is 14.4 Å². The number of anilines is 1. The zero-order valence-electron chi connectivity index (χ0n) is 19.9. The van der Waals surface area contributed by atoms with Gasteiger partial charge in [-0.05, 0) is 41.5 Å². The SMILES string of the molecule is N#C/N=C(\N)Nc1cccc(C(=O)NCC(=O)NCCNC(=O)c2c(Cl)cc(-c3ccccc3)cc2Cl)c1. The van der Waals surface area contributed by atoms with E-state index in [4.69, 9.17) is 34.2 Å². The van der Waals surface area contributed by atoms with Crippen LogP contribution in [-0.2, 0) is 4.79 Å². The minimum atomic E-state index is -0.490. The van der Waals surface area contributed by atoms with Crippen molar-refractivity contribution in [2.45, 2.75) is 0 Å². The number of nitrogens with zero attached hydrogens (tertiary/aromatic N) is 2. The highest BCUT2D eigenvalue weighted by molar-refractivity contribution is 6.40. The van der Waals surface area contributed by atoms with Crippen molar-refractivity contribution in [1.82, 2.24) is 16.0 Å². The number of hydrogen-bond acceptors (Lipinski definition) is 5. The molecule has 3 amide bonds. The number of carbonyl (C=O) groups is 3. The molecule has 194 valence electrons. The normalized spacial score (nSPS) is 10.7. The zero-order valence-corrected chi connectivity index (χ0v) is 21.4. The predicted octanol–water partition coefficient (Wildman–Crippen LogP) is 3.14. The molecule has 3 rings (SSSR count). The predicted molar refractivity (Wildman–Crippen MR) is 147 cm³/mol. The third-order valence-corrected chi connectivity index (χ3v) is 5.68. The molecule has 0 unspecified atom stereocenters. The van der Waals surface area contributed by atoms with Crippen molar-refractivity contribution in [2.24, 2.45) is 10.7 Å². The van der Waals surface area contributed by atoms with Crippen LogP contribution in [0, 0.1) is 11.5 Å². The van der Waals surface area contributed by atoms with Gasteiger partial charge in [-0.2, -0.15) is 5.26 Å². The van der Waals surface area contributed by atoms with Gasteiger partial charge in [0, 0.05) is 24.3 Å². The van der Waals surface area contributed by atoms with E-state index < -0.39 is 17.7 Å². The summed E-state index contributed by atoms with van der Waals surface area (Å²) in [5, 5.41) is 19.4. The molecule has 0 spiro atoms. The molecular weight excluding hydrogens is 529 g/mol. The molecule has 0 atom stereocenters. The van der Waals surface area contributed by atoms with Gasteiger partial charge in [-0.25, -0.2) is 0 Å². The first-order valence-electron chi connectivity index (χ1n) is 11.3. The van der Waals surface area contributed by atoms with Crippen LogP contribution in [0.5, 0.6) is 0 Å². The fraction of sp³-hybridized carbons (Fsp3) is 0.115. The lowest BCUT2D eigenvalue weighted by molar-refractivity contribution is -0.120.